The molecule has 15 heavy (non-hydrogen) atoms. The normalized spacial score (nSPS) is 15.7. The molecule has 0 unspecified atom stereocenters. The van der Waals surface area contributed by atoms with Gasteiger partial charge in [-0.1, -0.05) is 29.8 Å². The Balaban J connectivity index is 2.18. The van der Waals surface area contributed by atoms with Crippen molar-refractivity contribution in [2.75, 3.05) is 6.54 Å². The van der Waals surface area contributed by atoms with E-state index in [0.717, 1.165) is 10.5 Å². The van der Waals surface area contributed by atoms with Crippen LogP contribution in [0.3, 0.4) is 0 Å². The largest absolute Gasteiger partial charge is 0.329 e. The number of rotatable bonds is 2. The second-order valence-corrected chi connectivity index (χ2v) is 3.64. The third kappa shape index (κ3) is 1.94. The lowest BCUT2D eigenvalue weighted by molar-refractivity contribution is -0.125. The summed E-state index contributed by atoms with van der Waals surface area (Å²) in [7, 11) is 0. The van der Waals surface area contributed by atoms with Gasteiger partial charge in [-0.3, -0.25) is 9.69 Å². The summed E-state index contributed by atoms with van der Waals surface area (Å²) in [6, 6.07) is 6.79. The van der Waals surface area contributed by atoms with Crippen LogP contribution in [0.1, 0.15) is 5.56 Å². The molecule has 78 valence electrons. The molecule has 1 aliphatic heterocycles. The van der Waals surface area contributed by atoms with Gasteiger partial charge in [0.15, 0.2) is 0 Å². The van der Waals surface area contributed by atoms with E-state index in [4.69, 9.17) is 11.6 Å². The van der Waals surface area contributed by atoms with Gasteiger partial charge in [-0.2, -0.15) is 0 Å². The lowest BCUT2D eigenvalue weighted by Crippen LogP contribution is -2.30. The highest BCUT2D eigenvalue weighted by Crippen LogP contribution is 2.17. The first-order valence-electron chi connectivity index (χ1n) is 4.50. The smallest absolute Gasteiger partial charge is 0.324 e. The summed E-state index contributed by atoms with van der Waals surface area (Å²) in [4.78, 5) is 23.7. The van der Waals surface area contributed by atoms with Crippen LogP contribution in [-0.2, 0) is 11.3 Å². The number of hydrogen-bond donors (Lipinski definition) is 1. The lowest BCUT2D eigenvalue weighted by atomic mass is 10.2. The summed E-state index contributed by atoms with van der Waals surface area (Å²) >= 11 is 5.93. The van der Waals surface area contributed by atoms with E-state index < -0.39 is 0 Å². The van der Waals surface area contributed by atoms with Crippen LogP contribution in [0.25, 0.3) is 0 Å². The highest BCUT2D eigenvalue weighted by Gasteiger charge is 2.28. The van der Waals surface area contributed by atoms with Gasteiger partial charge >= 0.3 is 6.03 Å². The molecular weight excluding hydrogens is 216 g/mol. The van der Waals surface area contributed by atoms with Gasteiger partial charge < -0.3 is 5.32 Å². The van der Waals surface area contributed by atoms with Gasteiger partial charge in [0.25, 0.3) is 0 Å². The van der Waals surface area contributed by atoms with Crippen molar-refractivity contribution in [3.8, 4) is 0 Å². The van der Waals surface area contributed by atoms with Crippen LogP contribution in [0.15, 0.2) is 24.3 Å². The van der Waals surface area contributed by atoms with Crippen LogP contribution in [0.2, 0.25) is 5.02 Å². The molecule has 1 heterocycles. The zero-order valence-electron chi connectivity index (χ0n) is 7.87. The number of nitrogens with one attached hydrogen (secondary N) is 1. The third-order valence-electron chi connectivity index (χ3n) is 2.22. The molecule has 1 N–H and O–H groups in total. The van der Waals surface area contributed by atoms with Crippen LogP contribution >= 0.6 is 11.6 Å². The molecule has 2 rings (SSSR count). The molecule has 0 atom stereocenters. The number of halogens is 1. The first-order valence-corrected chi connectivity index (χ1v) is 4.88. The fourth-order valence-corrected chi connectivity index (χ4v) is 1.61. The molecule has 1 aromatic rings. The van der Waals surface area contributed by atoms with E-state index >= 15 is 0 Å². The van der Waals surface area contributed by atoms with E-state index in [1.165, 1.54) is 0 Å². The number of carbonyl (C=O) groups is 2. The van der Waals surface area contributed by atoms with Gasteiger partial charge in [-0.25, -0.2) is 4.79 Å². The van der Waals surface area contributed by atoms with E-state index in [0.29, 0.717) is 5.02 Å². The number of carbonyl (C=O) groups excluding carboxylic acids is 2. The molecule has 0 saturated carbocycles. The molecule has 0 aromatic heterocycles. The van der Waals surface area contributed by atoms with Crippen molar-refractivity contribution in [3.63, 3.8) is 0 Å². The SMILES string of the molecule is O=C1CNC(=O)N1Cc1ccccc1Cl. The van der Waals surface area contributed by atoms with Crippen molar-refractivity contribution < 1.29 is 9.59 Å². The Morgan fingerprint density at radius 1 is 1.33 bits per heavy atom. The first kappa shape index (κ1) is 9.98. The summed E-state index contributed by atoms with van der Waals surface area (Å²) in [6.45, 7) is 0.299. The molecule has 1 aliphatic rings. The number of imide groups is 1. The van der Waals surface area contributed by atoms with Crippen LogP contribution < -0.4 is 5.32 Å². The number of benzene rings is 1. The Kier molecular flexibility index (Phi) is 2.60. The molecular formula is C10H9ClN2O2. The Hall–Kier alpha value is -1.55. The minimum atomic E-state index is -0.361. The monoisotopic (exact) mass is 224 g/mol. The minimum absolute atomic E-state index is 0.0727. The van der Waals surface area contributed by atoms with Crippen molar-refractivity contribution in [1.82, 2.24) is 10.2 Å². The van der Waals surface area contributed by atoms with Crippen LogP contribution in [-0.4, -0.2) is 23.4 Å². The van der Waals surface area contributed by atoms with Crippen LogP contribution in [0.5, 0.6) is 0 Å². The Bertz CT molecular complexity index is 404. The van der Waals surface area contributed by atoms with E-state index in [2.05, 4.69) is 5.32 Å². The maximum Gasteiger partial charge on any atom is 0.324 e. The molecule has 1 aromatic carbocycles. The standard InChI is InChI=1S/C10H9ClN2O2/c11-8-4-2-1-3-7(8)6-13-9(14)5-12-10(13)15/h1-4H,5-6H2,(H,12,15). The quantitative estimate of drug-likeness (QED) is 0.772. The Morgan fingerprint density at radius 2 is 2.07 bits per heavy atom. The van der Waals surface area contributed by atoms with Crippen molar-refractivity contribution in [2.24, 2.45) is 0 Å². The second kappa shape index (κ2) is 3.90. The molecule has 0 radical (unpaired) electrons. The minimum Gasteiger partial charge on any atom is -0.329 e. The Labute approximate surface area is 91.8 Å². The van der Waals surface area contributed by atoms with Gasteiger partial charge in [0.1, 0.15) is 0 Å². The van der Waals surface area contributed by atoms with Crippen molar-refractivity contribution >= 4 is 23.5 Å². The zero-order chi connectivity index (χ0) is 10.8. The summed E-state index contributed by atoms with van der Waals surface area (Å²) < 4.78 is 0. The van der Waals surface area contributed by atoms with Gasteiger partial charge in [0.05, 0.1) is 13.1 Å². The zero-order valence-corrected chi connectivity index (χ0v) is 8.62. The predicted molar refractivity (Wildman–Crippen MR) is 55.4 cm³/mol. The summed E-state index contributed by atoms with van der Waals surface area (Å²) in [5.41, 5.74) is 0.768. The fraction of sp³-hybridized carbons (Fsp3) is 0.200. The molecule has 1 saturated heterocycles. The lowest BCUT2D eigenvalue weighted by Gasteiger charge is -2.12. The molecule has 1 fully saturated rings. The highest BCUT2D eigenvalue weighted by atomic mass is 35.5. The van der Waals surface area contributed by atoms with Gasteiger partial charge in [-0.05, 0) is 11.6 Å². The number of amides is 3. The van der Waals surface area contributed by atoms with E-state index in [9.17, 15) is 9.59 Å². The maximum atomic E-state index is 11.3. The molecule has 3 amide bonds. The van der Waals surface area contributed by atoms with Crippen LogP contribution in [0.4, 0.5) is 4.79 Å². The number of hydrogen-bond acceptors (Lipinski definition) is 2. The maximum absolute atomic E-state index is 11.3. The number of nitrogens with zero attached hydrogens (tertiary/aromatic N) is 1. The average Bonchev–Trinajstić information content (AvgIpc) is 2.53. The van der Waals surface area contributed by atoms with Gasteiger partial charge in [-0.15, -0.1) is 0 Å². The molecule has 0 spiro atoms. The summed E-state index contributed by atoms with van der Waals surface area (Å²) in [6.07, 6.45) is 0. The summed E-state index contributed by atoms with van der Waals surface area (Å²) in [5.74, 6) is -0.222. The molecule has 0 aliphatic carbocycles. The second-order valence-electron chi connectivity index (χ2n) is 3.23. The summed E-state index contributed by atoms with van der Waals surface area (Å²) in [5, 5.41) is 3.01. The molecule has 0 bridgehead atoms. The van der Waals surface area contributed by atoms with E-state index in [1.807, 2.05) is 6.07 Å². The fourth-order valence-electron chi connectivity index (χ4n) is 1.41. The van der Waals surface area contributed by atoms with Crippen molar-refractivity contribution in [2.45, 2.75) is 6.54 Å². The average molecular weight is 225 g/mol. The van der Waals surface area contributed by atoms with E-state index in [-0.39, 0.29) is 25.0 Å². The van der Waals surface area contributed by atoms with Crippen molar-refractivity contribution in [1.29, 1.82) is 0 Å². The first-order chi connectivity index (χ1) is 7.18. The highest BCUT2D eigenvalue weighted by molar-refractivity contribution is 6.31. The van der Waals surface area contributed by atoms with E-state index in [1.54, 1.807) is 18.2 Å². The van der Waals surface area contributed by atoms with Gasteiger partial charge in [0.2, 0.25) is 5.91 Å². The Morgan fingerprint density at radius 3 is 2.67 bits per heavy atom. The molecule has 5 heteroatoms. The van der Waals surface area contributed by atoms with Crippen molar-refractivity contribution in [3.05, 3.63) is 34.9 Å². The third-order valence-corrected chi connectivity index (χ3v) is 2.59. The molecule has 4 nitrogen and oxygen atoms in total. The predicted octanol–water partition coefficient (Wildman–Crippen LogP) is 1.39. The van der Waals surface area contributed by atoms with Crippen LogP contribution in [0, 0.1) is 0 Å². The number of urea groups is 1. The topological polar surface area (TPSA) is 49.4 Å². The van der Waals surface area contributed by atoms with Gasteiger partial charge in [0, 0.05) is 5.02 Å².